The minimum atomic E-state index is -0.389. The molecule has 1 fully saturated rings. The van der Waals surface area contributed by atoms with Crippen molar-refractivity contribution in [2.24, 2.45) is 17.1 Å². The summed E-state index contributed by atoms with van der Waals surface area (Å²) in [5.41, 5.74) is 5.39. The molecule has 1 rings (SSSR count). The Morgan fingerprint density at radius 2 is 2.12 bits per heavy atom. The molecule has 0 aromatic rings. The van der Waals surface area contributed by atoms with Gasteiger partial charge in [0.2, 0.25) is 0 Å². The molecule has 0 aromatic carbocycles. The quantitative estimate of drug-likeness (QED) is 0.781. The number of halogens is 1. The second-order valence-corrected chi connectivity index (χ2v) is 5.97. The zero-order chi connectivity index (χ0) is 12.6. The first-order valence-corrected chi connectivity index (χ1v) is 5.79. The van der Waals surface area contributed by atoms with Gasteiger partial charge >= 0.3 is 5.97 Å². The lowest BCUT2D eigenvalue weighted by Gasteiger charge is -2.28. The molecule has 1 aliphatic heterocycles. The lowest BCUT2D eigenvalue weighted by atomic mass is 9.81. The van der Waals surface area contributed by atoms with E-state index in [1.54, 1.807) is 0 Å². The highest BCUT2D eigenvalue weighted by atomic mass is 35.5. The van der Waals surface area contributed by atoms with Crippen LogP contribution < -0.4 is 5.73 Å². The monoisotopic (exact) mass is 264 g/mol. The first-order chi connectivity index (χ1) is 7.19. The van der Waals surface area contributed by atoms with Crippen LogP contribution in [-0.2, 0) is 9.53 Å². The molecule has 0 unspecified atom stereocenters. The largest absolute Gasteiger partial charge is 0.469 e. The highest BCUT2D eigenvalue weighted by Gasteiger charge is 2.47. The maximum absolute atomic E-state index is 11.8. The van der Waals surface area contributed by atoms with E-state index in [4.69, 9.17) is 10.5 Å². The van der Waals surface area contributed by atoms with Crippen molar-refractivity contribution in [1.82, 2.24) is 4.90 Å². The van der Waals surface area contributed by atoms with Crippen molar-refractivity contribution < 1.29 is 9.53 Å². The van der Waals surface area contributed by atoms with Crippen LogP contribution in [0.3, 0.4) is 0 Å². The molecule has 0 radical (unpaired) electrons. The number of likely N-dealkylation sites (tertiary alicyclic amines) is 1. The number of hydrogen-bond donors (Lipinski definition) is 1. The fourth-order valence-corrected chi connectivity index (χ4v) is 2.47. The Kier molecular flexibility index (Phi) is 5.44. The zero-order valence-corrected chi connectivity index (χ0v) is 12.3. The van der Waals surface area contributed by atoms with Crippen LogP contribution in [0.2, 0.25) is 0 Å². The molecule has 1 aliphatic rings. The lowest BCUT2D eigenvalue weighted by molar-refractivity contribution is -0.152. The highest BCUT2D eigenvalue weighted by molar-refractivity contribution is 5.85. The molecule has 4 nitrogen and oxygen atoms in total. The summed E-state index contributed by atoms with van der Waals surface area (Å²) >= 11 is 0. The molecule has 0 spiro atoms. The third-order valence-electron chi connectivity index (χ3n) is 3.45. The maximum Gasteiger partial charge on any atom is 0.313 e. The molecular formula is C12H25ClN2O2. The van der Waals surface area contributed by atoms with Gasteiger partial charge in [0, 0.05) is 25.2 Å². The molecule has 1 saturated heterocycles. The second kappa shape index (κ2) is 5.55. The number of nitrogens with two attached hydrogens (primary N) is 1. The second-order valence-electron chi connectivity index (χ2n) is 5.97. The molecule has 2 N–H and O–H groups in total. The van der Waals surface area contributed by atoms with Gasteiger partial charge in [-0.1, -0.05) is 6.92 Å². The molecule has 5 heteroatoms. The van der Waals surface area contributed by atoms with E-state index in [-0.39, 0.29) is 29.3 Å². The minimum Gasteiger partial charge on any atom is -0.469 e. The summed E-state index contributed by atoms with van der Waals surface area (Å²) in [6.45, 7) is 10.5. The summed E-state index contributed by atoms with van der Waals surface area (Å²) < 4.78 is 4.89. The number of rotatable bonds is 3. The fourth-order valence-electron chi connectivity index (χ4n) is 2.47. The third-order valence-corrected chi connectivity index (χ3v) is 3.45. The van der Waals surface area contributed by atoms with E-state index in [1.807, 2.05) is 20.8 Å². The molecule has 2 atom stereocenters. The Morgan fingerprint density at radius 1 is 1.59 bits per heavy atom. The van der Waals surface area contributed by atoms with Crippen LogP contribution in [0.4, 0.5) is 0 Å². The standard InChI is InChI=1S/C12H24N2O2.ClH/c1-9-6-14(7-11(2,3)13)8-12(9,4)10(15)16-5;/h9H,6-8,13H2,1-5H3;1H/t9-,12-;/m1./s1. The van der Waals surface area contributed by atoms with Crippen molar-refractivity contribution in [3.63, 3.8) is 0 Å². The topological polar surface area (TPSA) is 55.6 Å². The summed E-state index contributed by atoms with van der Waals surface area (Å²) in [5.74, 6) is 0.194. The van der Waals surface area contributed by atoms with Crippen LogP contribution in [0.5, 0.6) is 0 Å². The van der Waals surface area contributed by atoms with Crippen LogP contribution in [0.25, 0.3) is 0 Å². The van der Waals surface area contributed by atoms with Gasteiger partial charge in [-0.15, -0.1) is 12.4 Å². The Balaban J connectivity index is 0.00000256. The van der Waals surface area contributed by atoms with Crippen molar-refractivity contribution in [1.29, 1.82) is 0 Å². The van der Waals surface area contributed by atoms with E-state index < -0.39 is 0 Å². The van der Waals surface area contributed by atoms with E-state index in [1.165, 1.54) is 7.11 Å². The van der Waals surface area contributed by atoms with Crippen LogP contribution in [0.15, 0.2) is 0 Å². The first-order valence-electron chi connectivity index (χ1n) is 5.79. The molecule has 17 heavy (non-hydrogen) atoms. The van der Waals surface area contributed by atoms with Crippen molar-refractivity contribution in [2.75, 3.05) is 26.7 Å². The van der Waals surface area contributed by atoms with Crippen LogP contribution >= 0.6 is 12.4 Å². The van der Waals surface area contributed by atoms with Gasteiger partial charge in [-0.3, -0.25) is 4.79 Å². The highest BCUT2D eigenvalue weighted by Crippen LogP contribution is 2.36. The number of ether oxygens (including phenoxy) is 1. The molecule has 0 aromatic heterocycles. The van der Waals surface area contributed by atoms with E-state index in [0.29, 0.717) is 5.92 Å². The lowest BCUT2D eigenvalue weighted by Crippen LogP contribution is -2.45. The van der Waals surface area contributed by atoms with Gasteiger partial charge in [0.25, 0.3) is 0 Å². The normalized spacial score (nSPS) is 29.9. The van der Waals surface area contributed by atoms with Crippen LogP contribution in [0.1, 0.15) is 27.7 Å². The molecule has 0 saturated carbocycles. The average molecular weight is 265 g/mol. The number of carbonyl (C=O) groups is 1. The van der Waals surface area contributed by atoms with Crippen molar-refractivity contribution >= 4 is 18.4 Å². The Labute approximate surface area is 110 Å². The molecule has 102 valence electrons. The van der Waals surface area contributed by atoms with Crippen molar-refractivity contribution in [3.8, 4) is 0 Å². The number of hydrogen-bond acceptors (Lipinski definition) is 4. The van der Waals surface area contributed by atoms with Gasteiger partial charge < -0.3 is 15.4 Å². The van der Waals surface area contributed by atoms with Crippen LogP contribution in [-0.4, -0.2) is 43.2 Å². The average Bonchev–Trinajstić information content (AvgIpc) is 2.39. The third kappa shape index (κ3) is 3.83. The zero-order valence-electron chi connectivity index (χ0n) is 11.4. The predicted molar refractivity (Wildman–Crippen MR) is 71.2 cm³/mol. The Morgan fingerprint density at radius 3 is 2.53 bits per heavy atom. The van der Waals surface area contributed by atoms with Gasteiger partial charge in [0.15, 0.2) is 0 Å². The van der Waals surface area contributed by atoms with E-state index in [2.05, 4.69) is 11.8 Å². The fraction of sp³-hybridized carbons (Fsp3) is 0.917. The molecule has 0 aliphatic carbocycles. The molecular weight excluding hydrogens is 240 g/mol. The first kappa shape index (κ1) is 16.7. The Bertz CT molecular complexity index is 278. The van der Waals surface area contributed by atoms with Gasteiger partial charge in [0.1, 0.15) is 0 Å². The summed E-state index contributed by atoms with van der Waals surface area (Å²) in [5, 5.41) is 0. The number of nitrogens with zero attached hydrogens (tertiary/aromatic N) is 1. The van der Waals surface area contributed by atoms with Gasteiger partial charge in [-0.05, 0) is 26.7 Å². The van der Waals surface area contributed by atoms with Crippen molar-refractivity contribution in [2.45, 2.75) is 33.2 Å². The van der Waals surface area contributed by atoms with Crippen molar-refractivity contribution in [3.05, 3.63) is 0 Å². The molecule has 1 heterocycles. The molecule has 0 bridgehead atoms. The van der Waals surface area contributed by atoms with E-state index in [9.17, 15) is 4.79 Å². The summed E-state index contributed by atoms with van der Waals surface area (Å²) in [6, 6.07) is 0. The maximum atomic E-state index is 11.8. The smallest absolute Gasteiger partial charge is 0.313 e. The Hall–Kier alpha value is -0.320. The van der Waals surface area contributed by atoms with Gasteiger partial charge in [-0.2, -0.15) is 0 Å². The minimum absolute atomic E-state index is 0. The molecule has 0 amide bonds. The summed E-state index contributed by atoms with van der Waals surface area (Å²) in [6.07, 6.45) is 0. The van der Waals surface area contributed by atoms with E-state index in [0.717, 1.165) is 19.6 Å². The van der Waals surface area contributed by atoms with E-state index >= 15 is 0 Å². The SMILES string of the molecule is COC(=O)[C@]1(C)CN(CC(C)(C)N)C[C@H]1C.Cl. The number of carbonyl (C=O) groups excluding carboxylic acids is 1. The summed E-state index contributed by atoms with van der Waals surface area (Å²) in [4.78, 5) is 14.0. The van der Waals surface area contributed by atoms with Gasteiger partial charge in [-0.25, -0.2) is 0 Å². The number of methoxy groups -OCH3 is 1. The van der Waals surface area contributed by atoms with Gasteiger partial charge in [0.05, 0.1) is 12.5 Å². The number of esters is 1. The predicted octanol–water partition coefficient (Wildman–Crippen LogP) is 1.28. The van der Waals surface area contributed by atoms with Crippen LogP contribution in [0, 0.1) is 11.3 Å². The summed E-state index contributed by atoms with van der Waals surface area (Å²) in [7, 11) is 1.45.